The van der Waals surface area contributed by atoms with E-state index in [0.717, 1.165) is 25.7 Å². The lowest BCUT2D eigenvalue weighted by molar-refractivity contribution is -0.149. The van der Waals surface area contributed by atoms with E-state index in [1.54, 1.807) is 0 Å². The second-order valence-corrected chi connectivity index (χ2v) is 12.3. The molecule has 0 heterocycles. The normalized spacial score (nSPS) is 12.1. The molecule has 0 saturated carbocycles. The minimum Gasteiger partial charge on any atom is -0.439 e. The molecule has 0 radical (unpaired) electrons. The predicted molar refractivity (Wildman–Crippen MR) is 148 cm³/mol. The summed E-state index contributed by atoms with van der Waals surface area (Å²) in [6.07, 6.45) is 16.7. The smallest absolute Gasteiger partial charge is 0.307 e. The van der Waals surface area contributed by atoms with Crippen molar-refractivity contribution in [3.63, 3.8) is 0 Å². The molecule has 0 atom stereocenters. The zero-order valence-corrected chi connectivity index (χ0v) is 23.7. The summed E-state index contributed by atoms with van der Waals surface area (Å²) in [5, 5.41) is 0. The molecule has 0 bridgehead atoms. The van der Waals surface area contributed by atoms with Gasteiger partial charge < -0.3 is 9.47 Å². The largest absolute Gasteiger partial charge is 0.439 e. The van der Waals surface area contributed by atoms with Crippen molar-refractivity contribution in [2.45, 2.75) is 138 Å². The molecular formula is C24H46O4S4. The van der Waals surface area contributed by atoms with E-state index in [1.165, 1.54) is 51.4 Å². The SMILES string of the molecule is CCCCCCCCC(S)(S)OC(=O)CCCCC(=O)OC(S)(S)CCCCCCCC. The first kappa shape index (κ1) is 32.3. The molecule has 0 spiro atoms. The van der Waals surface area contributed by atoms with Crippen LogP contribution in [0.15, 0.2) is 0 Å². The molecule has 4 nitrogen and oxygen atoms in total. The molecule has 0 aliphatic carbocycles. The van der Waals surface area contributed by atoms with E-state index in [2.05, 4.69) is 64.4 Å². The van der Waals surface area contributed by atoms with E-state index in [-0.39, 0.29) is 24.8 Å². The Balaban J connectivity index is 3.88. The maximum atomic E-state index is 12.1. The van der Waals surface area contributed by atoms with Crippen LogP contribution >= 0.6 is 50.5 Å². The Labute approximate surface area is 218 Å². The Bertz CT molecular complexity index is 454. The Morgan fingerprint density at radius 1 is 0.531 bits per heavy atom. The van der Waals surface area contributed by atoms with Crippen LogP contribution in [0.3, 0.4) is 0 Å². The number of carbonyl (C=O) groups is 2. The average Bonchev–Trinajstić information content (AvgIpc) is 2.70. The van der Waals surface area contributed by atoms with Gasteiger partial charge in [0.25, 0.3) is 0 Å². The van der Waals surface area contributed by atoms with Gasteiger partial charge in [0.15, 0.2) is 8.53 Å². The van der Waals surface area contributed by atoms with Crippen molar-refractivity contribution in [2.75, 3.05) is 0 Å². The van der Waals surface area contributed by atoms with Crippen molar-refractivity contribution >= 4 is 62.5 Å². The molecule has 8 heteroatoms. The van der Waals surface area contributed by atoms with E-state index >= 15 is 0 Å². The van der Waals surface area contributed by atoms with Crippen LogP contribution in [0.2, 0.25) is 0 Å². The number of hydrogen-bond acceptors (Lipinski definition) is 8. The highest BCUT2D eigenvalue weighted by Gasteiger charge is 2.26. The Kier molecular flexibility index (Phi) is 19.8. The van der Waals surface area contributed by atoms with Crippen molar-refractivity contribution < 1.29 is 19.1 Å². The van der Waals surface area contributed by atoms with Crippen molar-refractivity contribution in [1.29, 1.82) is 0 Å². The number of rotatable bonds is 21. The summed E-state index contributed by atoms with van der Waals surface area (Å²) >= 11 is 17.5. The zero-order valence-electron chi connectivity index (χ0n) is 20.1. The number of esters is 2. The zero-order chi connectivity index (χ0) is 24.3. The molecule has 0 aromatic heterocycles. The lowest BCUT2D eigenvalue weighted by atomic mass is 10.1. The second-order valence-electron chi connectivity index (χ2n) is 8.68. The molecule has 0 aromatic rings. The van der Waals surface area contributed by atoms with Gasteiger partial charge in [-0.05, 0) is 25.7 Å². The van der Waals surface area contributed by atoms with Crippen molar-refractivity contribution in [1.82, 2.24) is 0 Å². The van der Waals surface area contributed by atoms with E-state index in [9.17, 15) is 9.59 Å². The third-order valence-corrected chi connectivity index (χ3v) is 6.54. The molecule has 0 saturated heterocycles. The summed E-state index contributed by atoms with van der Waals surface area (Å²) in [6.45, 7) is 4.39. The molecule has 0 fully saturated rings. The van der Waals surface area contributed by atoms with Crippen molar-refractivity contribution in [3.8, 4) is 0 Å². The minimum absolute atomic E-state index is 0.233. The Morgan fingerprint density at radius 2 is 0.844 bits per heavy atom. The van der Waals surface area contributed by atoms with Crippen LogP contribution < -0.4 is 0 Å². The summed E-state index contributed by atoms with van der Waals surface area (Å²) in [5.41, 5.74) is 0. The van der Waals surface area contributed by atoms with Crippen LogP contribution in [0.5, 0.6) is 0 Å². The number of carbonyl (C=O) groups excluding carboxylic acids is 2. The third-order valence-electron chi connectivity index (χ3n) is 5.28. The van der Waals surface area contributed by atoms with Gasteiger partial charge in [-0.2, -0.15) is 0 Å². The van der Waals surface area contributed by atoms with Crippen LogP contribution in [-0.2, 0) is 19.1 Å². The van der Waals surface area contributed by atoms with Crippen LogP contribution in [-0.4, -0.2) is 20.5 Å². The fraction of sp³-hybridized carbons (Fsp3) is 0.917. The van der Waals surface area contributed by atoms with Gasteiger partial charge in [0.05, 0.1) is 0 Å². The first-order valence-corrected chi connectivity index (χ1v) is 14.2. The fourth-order valence-corrected chi connectivity index (χ4v) is 4.42. The van der Waals surface area contributed by atoms with Crippen LogP contribution in [0.25, 0.3) is 0 Å². The molecule has 0 N–H and O–H groups in total. The maximum Gasteiger partial charge on any atom is 0.307 e. The maximum absolute atomic E-state index is 12.1. The Morgan fingerprint density at radius 3 is 1.19 bits per heavy atom. The highest BCUT2D eigenvalue weighted by Crippen LogP contribution is 2.30. The van der Waals surface area contributed by atoms with Crippen LogP contribution in [0.4, 0.5) is 0 Å². The van der Waals surface area contributed by atoms with Crippen molar-refractivity contribution in [2.24, 2.45) is 0 Å². The van der Waals surface area contributed by atoms with Gasteiger partial charge >= 0.3 is 11.9 Å². The highest BCUT2D eigenvalue weighted by atomic mass is 32.2. The summed E-state index contributed by atoms with van der Waals surface area (Å²) in [7, 11) is 0. The second kappa shape index (κ2) is 19.6. The fourth-order valence-electron chi connectivity index (χ4n) is 3.38. The van der Waals surface area contributed by atoms with Gasteiger partial charge in [-0.3, -0.25) is 9.59 Å². The first-order valence-electron chi connectivity index (χ1n) is 12.4. The molecule has 0 amide bonds. The molecule has 0 rings (SSSR count). The van der Waals surface area contributed by atoms with E-state index < -0.39 is 8.53 Å². The highest BCUT2D eigenvalue weighted by molar-refractivity contribution is 8.00. The standard InChI is InChI=1S/C24H46O4S4/c1-3-5-7-9-11-15-19-23(29,30)27-21(25)17-13-14-18-22(26)28-24(31,32)20-16-12-10-8-6-4-2/h29-32H,3-20H2,1-2H3. The van der Waals surface area contributed by atoms with E-state index in [1.807, 2.05) is 0 Å². The molecule has 190 valence electrons. The lowest BCUT2D eigenvalue weighted by Gasteiger charge is -2.23. The number of thiol groups is 4. The monoisotopic (exact) mass is 526 g/mol. The van der Waals surface area contributed by atoms with Crippen LogP contribution in [0.1, 0.15) is 129 Å². The number of hydrogen-bond donors (Lipinski definition) is 4. The number of ether oxygens (including phenoxy) is 2. The molecule has 32 heavy (non-hydrogen) atoms. The Hall–Kier alpha value is 0.340. The molecule has 0 aliphatic heterocycles. The molecule has 0 unspecified atom stereocenters. The summed E-state index contributed by atoms with van der Waals surface area (Å²) in [6, 6.07) is 0. The van der Waals surface area contributed by atoms with Gasteiger partial charge in [0.1, 0.15) is 0 Å². The topological polar surface area (TPSA) is 52.6 Å². The van der Waals surface area contributed by atoms with Crippen molar-refractivity contribution in [3.05, 3.63) is 0 Å². The predicted octanol–water partition coefficient (Wildman–Crippen LogP) is 8.16. The molecular weight excluding hydrogens is 481 g/mol. The van der Waals surface area contributed by atoms with Gasteiger partial charge in [0, 0.05) is 25.7 Å². The van der Waals surface area contributed by atoms with Gasteiger partial charge in [0.2, 0.25) is 0 Å². The van der Waals surface area contributed by atoms with E-state index in [0.29, 0.717) is 25.7 Å². The summed E-state index contributed by atoms with van der Waals surface area (Å²) in [5.74, 6) is -0.676. The number of unbranched alkanes of at least 4 members (excludes halogenated alkanes) is 11. The minimum atomic E-state index is -1.03. The summed E-state index contributed by atoms with van der Waals surface area (Å²) in [4.78, 5) is 24.1. The molecule has 0 aliphatic rings. The summed E-state index contributed by atoms with van der Waals surface area (Å²) < 4.78 is 8.70. The van der Waals surface area contributed by atoms with Crippen LogP contribution in [0, 0.1) is 0 Å². The van der Waals surface area contributed by atoms with Gasteiger partial charge in [-0.1, -0.05) is 78.1 Å². The van der Waals surface area contributed by atoms with E-state index in [4.69, 9.17) is 9.47 Å². The quantitative estimate of drug-likeness (QED) is 0.0527. The molecule has 0 aromatic carbocycles. The van der Waals surface area contributed by atoms with Gasteiger partial charge in [-0.25, -0.2) is 0 Å². The van der Waals surface area contributed by atoms with Gasteiger partial charge in [-0.15, -0.1) is 50.5 Å². The third kappa shape index (κ3) is 20.9. The average molecular weight is 527 g/mol. The first-order chi connectivity index (χ1) is 15.1. The lowest BCUT2D eigenvalue weighted by Crippen LogP contribution is -2.23.